The van der Waals surface area contributed by atoms with Gasteiger partial charge in [-0.15, -0.1) is 0 Å². The lowest BCUT2D eigenvalue weighted by Gasteiger charge is -2.40. The standard InChI is InChI=1S/C25H27FN6O4.C8H6N2O4/c1-25(31-24(34)18-3-5-19-23(28-18)29-20(33)14-36-19)8-11-32(12-9-25)10-7-15-16(26)13-27-17-4-6-21(35-2)30-22(15)17;11-6-3-14-5-2-1-4(8(12)13)9-7(5)10-6/h3-6,13H,7-12,14H2,1-2H3,(H,31,34)(H,28,29,33);1-2H,3H2,(H,12,13)(H,9,10,11). The number of fused-ring (bicyclic) bond motifs is 3. The van der Waals surface area contributed by atoms with Gasteiger partial charge in [0.15, 0.2) is 42.0 Å². The lowest BCUT2D eigenvalue weighted by atomic mass is 9.89. The van der Waals surface area contributed by atoms with Crippen LogP contribution in [0.4, 0.5) is 16.0 Å². The molecule has 0 atom stereocenters. The fourth-order valence-corrected chi connectivity index (χ4v) is 5.61. The molecular formula is C33H33FN8O8. The molecule has 0 radical (unpaired) electrons. The first-order chi connectivity index (χ1) is 24.0. The average molecular weight is 689 g/mol. The maximum absolute atomic E-state index is 14.6. The zero-order valence-electron chi connectivity index (χ0n) is 27.1. The zero-order valence-corrected chi connectivity index (χ0v) is 27.1. The molecule has 0 saturated carbocycles. The van der Waals surface area contributed by atoms with Crippen LogP contribution in [-0.2, 0) is 16.0 Å². The summed E-state index contributed by atoms with van der Waals surface area (Å²) in [6, 6.07) is 9.48. The van der Waals surface area contributed by atoms with Crippen LogP contribution < -0.4 is 30.2 Å². The van der Waals surface area contributed by atoms with Crippen LogP contribution in [0.5, 0.6) is 17.4 Å². The fraction of sp³-hybridized carbons (Fsp3) is 0.333. The minimum absolute atomic E-state index is 0.0659. The van der Waals surface area contributed by atoms with Crippen molar-refractivity contribution in [2.75, 3.05) is 50.6 Å². The number of ether oxygens (including phenoxy) is 3. The summed E-state index contributed by atoms with van der Waals surface area (Å²) in [6.45, 7) is 4.03. The van der Waals surface area contributed by atoms with E-state index in [0.717, 1.165) is 25.9 Å². The zero-order chi connectivity index (χ0) is 35.4. The van der Waals surface area contributed by atoms with Crippen LogP contribution in [0.25, 0.3) is 11.0 Å². The number of likely N-dealkylation sites (tertiary alicyclic amines) is 1. The maximum Gasteiger partial charge on any atom is 0.354 e. The number of carbonyl (C=O) groups excluding carboxylic acids is 3. The molecule has 0 spiro atoms. The Labute approximate surface area is 284 Å². The molecule has 4 aromatic heterocycles. The van der Waals surface area contributed by atoms with E-state index in [1.54, 1.807) is 24.3 Å². The fourth-order valence-electron chi connectivity index (χ4n) is 5.61. The van der Waals surface area contributed by atoms with E-state index in [4.69, 9.17) is 19.3 Å². The first-order valence-corrected chi connectivity index (χ1v) is 15.6. The van der Waals surface area contributed by atoms with Crippen molar-refractivity contribution in [1.29, 1.82) is 0 Å². The van der Waals surface area contributed by atoms with Crippen LogP contribution in [0.1, 0.15) is 46.3 Å². The second-order valence-electron chi connectivity index (χ2n) is 12.0. The number of piperidine rings is 1. The molecule has 3 aliphatic rings. The van der Waals surface area contributed by atoms with Crippen molar-refractivity contribution in [2.45, 2.75) is 31.7 Å². The van der Waals surface area contributed by atoms with E-state index >= 15 is 0 Å². The first-order valence-electron chi connectivity index (χ1n) is 15.6. The normalized spacial score (nSPS) is 16.2. The highest BCUT2D eigenvalue weighted by atomic mass is 19.1. The number of hydrogen-bond donors (Lipinski definition) is 4. The van der Waals surface area contributed by atoms with Crippen LogP contribution >= 0.6 is 0 Å². The Morgan fingerprint density at radius 2 is 1.58 bits per heavy atom. The van der Waals surface area contributed by atoms with Gasteiger partial charge < -0.3 is 40.2 Å². The molecule has 16 nitrogen and oxygen atoms in total. The molecular weight excluding hydrogens is 655 g/mol. The molecule has 3 aliphatic heterocycles. The summed E-state index contributed by atoms with van der Waals surface area (Å²) in [7, 11) is 1.53. The molecule has 0 aliphatic carbocycles. The van der Waals surface area contributed by atoms with Gasteiger partial charge >= 0.3 is 5.97 Å². The summed E-state index contributed by atoms with van der Waals surface area (Å²) >= 11 is 0. The first kappa shape index (κ1) is 33.9. The van der Waals surface area contributed by atoms with Crippen LogP contribution in [0, 0.1) is 5.82 Å². The highest BCUT2D eigenvalue weighted by Crippen LogP contribution is 2.28. The summed E-state index contributed by atoms with van der Waals surface area (Å²) in [5, 5.41) is 16.8. The Morgan fingerprint density at radius 3 is 2.20 bits per heavy atom. The van der Waals surface area contributed by atoms with Crippen LogP contribution in [0.3, 0.4) is 0 Å². The number of nitrogens with zero attached hydrogens (tertiary/aromatic N) is 5. The van der Waals surface area contributed by atoms with E-state index in [0.29, 0.717) is 46.9 Å². The van der Waals surface area contributed by atoms with E-state index in [-0.39, 0.29) is 59.8 Å². The average Bonchev–Trinajstić information content (AvgIpc) is 3.11. The van der Waals surface area contributed by atoms with E-state index in [9.17, 15) is 23.6 Å². The summed E-state index contributed by atoms with van der Waals surface area (Å²) < 4.78 is 30.1. The van der Waals surface area contributed by atoms with Crippen LogP contribution in [0.15, 0.2) is 42.6 Å². The number of amides is 3. The number of carbonyl (C=O) groups is 4. The smallest absolute Gasteiger partial charge is 0.354 e. The van der Waals surface area contributed by atoms with E-state index in [2.05, 4.69) is 40.8 Å². The molecule has 17 heteroatoms. The monoisotopic (exact) mass is 688 g/mol. The molecule has 1 saturated heterocycles. The molecule has 0 unspecified atom stereocenters. The molecule has 7 heterocycles. The molecule has 7 rings (SSSR count). The topological polar surface area (TPSA) is 207 Å². The van der Waals surface area contributed by atoms with Crippen molar-refractivity contribution in [2.24, 2.45) is 0 Å². The summed E-state index contributed by atoms with van der Waals surface area (Å²) in [4.78, 5) is 64.6. The van der Waals surface area contributed by atoms with E-state index in [1.807, 2.05) is 6.92 Å². The molecule has 4 N–H and O–H groups in total. The Balaban J connectivity index is 0.000000257. The van der Waals surface area contributed by atoms with Gasteiger partial charge in [0.2, 0.25) is 5.88 Å². The number of aromatic carboxylic acids is 1. The van der Waals surface area contributed by atoms with Gasteiger partial charge in [0, 0.05) is 36.8 Å². The third kappa shape index (κ3) is 7.67. The van der Waals surface area contributed by atoms with Gasteiger partial charge in [0.25, 0.3) is 17.7 Å². The Morgan fingerprint density at radius 1 is 0.960 bits per heavy atom. The number of rotatable bonds is 7. The number of nitrogens with one attached hydrogen (secondary N) is 3. The van der Waals surface area contributed by atoms with Gasteiger partial charge in [-0.25, -0.2) is 24.1 Å². The molecule has 4 aromatic rings. The lowest BCUT2D eigenvalue weighted by Crippen LogP contribution is -2.53. The SMILES string of the molecule is COc1ccc2ncc(F)c(CCN3CCC(C)(NC(=O)c4ccc5c(n4)NC(=O)CO5)CC3)c2n1.O=C1COc2ccc(C(=O)O)nc2N1. The molecule has 1 fully saturated rings. The highest BCUT2D eigenvalue weighted by Gasteiger charge is 2.32. The van der Waals surface area contributed by atoms with Crippen molar-refractivity contribution in [3.05, 3.63) is 65.4 Å². The Kier molecular flexibility index (Phi) is 9.67. The van der Waals surface area contributed by atoms with Crippen molar-refractivity contribution < 1.29 is 42.9 Å². The second kappa shape index (κ2) is 14.3. The Bertz CT molecular complexity index is 1990. The number of methoxy groups -OCH3 is 1. The molecule has 0 aromatic carbocycles. The number of anilines is 2. The number of pyridine rings is 4. The molecule has 260 valence electrons. The highest BCUT2D eigenvalue weighted by molar-refractivity contribution is 5.97. The Hall–Kier alpha value is -5.97. The molecule has 3 amide bonds. The minimum atomic E-state index is -1.15. The third-order valence-electron chi connectivity index (χ3n) is 8.40. The van der Waals surface area contributed by atoms with Crippen molar-refractivity contribution in [1.82, 2.24) is 30.2 Å². The van der Waals surface area contributed by atoms with Crippen molar-refractivity contribution in [3.63, 3.8) is 0 Å². The maximum atomic E-state index is 14.6. The van der Waals surface area contributed by atoms with Gasteiger partial charge in [-0.2, -0.15) is 0 Å². The second-order valence-corrected chi connectivity index (χ2v) is 12.0. The number of halogens is 1. The van der Waals surface area contributed by atoms with Gasteiger partial charge in [0.05, 0.1) is 24.3 Å². The lowest BCUT2D eigenvalue weighted by molar-refractivity contribution is -0.119. The predicted octanol–water partition coefficient (Wildman–Crippen LogP) is 2.44. The number of hydrogen-bond acceptors (Lipinski definition) is 12. The van der Waals surface area contributed by atoms with Crippen molar-refractivity contribution >= 4 is 46.4 Å². The quantitative estimate of drug-likeness (QED) is 0.220. The van der Waals surface area contributed by atoms with Crippen molar-refractivity contribution in [3.8, 4) is 17.4 Å². The van der Waals surface area contributed by atoms with Gasteiger partial charge in [-0.05, 0) is 56.5 Å². The van der Waals surface area contributed by atoms with E-state index < -0.39 is 11.5 Å². The largest absolute Gasteiger partial charge is 0.481 e. The predicted molar refractivity (Wildman–Crippen MR) is 175 cm³/mol. The summed E-state index contributed by atoms with van der Waals surface area (Å²) in [5.41, 5.74) is 1.34. The third-order valence-corrected chi connectivity index (χ3v) is 8.40. The van der Waals surface area contributed by atoms with Gasteiger partial charge in [0.1, 0.15) is 11.5 Å². The number of carboxylic acid groups (broad SMARTS) is 1. The van der Waals surface area contributed by atoms with Crippen LogP contribution in [-0.4, -0.2) is 99.1 Å². The van der Waals surface area contributed by atoms with Gasteiger partial charge in [-0.3, -0.25) is 19.4 Å². The van der Waals surface area contributed by atoms with Gasteiger partial charge in [-0.1, -0.05) is 0 Å². The minimum Gasteiger partial charge on any atom is -0.481 e. The summed E-state index contributed by atoms with van der Waals surface area (Å²) in [5.74, 6) is -0.823. The van der Waals surface area contributed by atoms with Crippen LogP contribution in [0.2, 0.25) is 0 Å². The van der Waals surface area contributed by atoms with E-state index in [1.165, 1.54) is 25.4 Å². The molecule has 50 heavy (non-hydrogen) atoms. The number of carboxylic acids is 1. The number of aromatic nitrogens is 4. The summed E-state index contributed by atoms with van der Waals surface area (Å²) in [6.07, 6.45) is 3.19. The molecule has 0 bridgehead atoms.